The van der Waals surface area contributed by atoms with E-state index in [0.29, 0.717) is 17.8 Å². The molecule has 1 amide bonds. The van der Waals surface area contributed by atoms with Crippen molar-refractivity contribution in [1.29, 1.82) is 0 Å². The Morgan fingerprint density at radius 1 is 1.39 bits per heavy atom. The molecule has 100 valence electrons. The number of nitrogens with one attached hydrogen (secondary N) is 1. The molecule has 0 aromatic heterocycles. The van der Waals surface area contributed by atoms with E-state index in [0.717, 1.165) is 22.4 Å². The maximum Gasteiger partial charge on any atom is 0.251 e. The van der Waals surface area contributed by atoms with E-state index in [1.165, 1.54) is 0 Å². The van der Waals surface area contributed by atoms with Crippen molar-refractivity contribution >= 4 is 39.3 Å². The minimum atomic E-state index is -0.120. The summed E-state index contributed by atoms with van der Waals surface area (Å²) < 4.78 is 0.796. The number of hydrogen-bond acceptors (Lipinski definition) is 4. The normalized spacial score (nSPS) is 10.3. The zero-order chi connectivity index (χ0) is 13.4. The Balaban J connectivity index is 2.32. The number of rotatable bonds is 7. The highest BCUT2D eigenvalue weighted by Crippen LogP contribution is 2.17. The smallest absolute Gasteiger partial charge is 0.251 e. The summed E-state index contributed by atoms with van der Waals surface area (Å²) in [4.78, 5) is 11.8. The molecule has 0 unspecified atom stereocenters. The van der Waals surface area contributed by atoms with Gasteiger partial charge in [-0.15, -0.1) is 0 Å². The highest BCUT2D eigenvalue weighted by Gasteiger charge is 2.06. The first-order valence-corrected chi connectivity index (χ1v) is 7.61. The molecule has 0 radical (unpaired) electrons. The van der Waals surface area contributed by atoms with E-state index in [4.69, 9.17) is 10.8 Å². The lowest BCUT2D eigenvalue weighted by molar-refractivity contribution is 0.0956. The molecule has 0 atom stereocenters. The summed E-state index contributed by atoms with van der Waals surface area (Å²) >= 11 is 5.02. The van der Waals surface area contributed by atoms with Gasteiger partial charge >= 0.3 is 0 Å². The van der Waals surface area contributed by atoms with E-state index >= 15 is 0 Å². The second-order valence-corrected chi connectivity index (χ2v) is 5.86. The highest BCUT2D eigenvalue weighted by molar-refractivity contribution is 9.10. The average molecular weight is 333 g/mol. The van der Waals surface area contributed by atoms with Gasteiger partial charge in [-0.05, 0) is 30.4 Å². The van der Waals surface area contributed by atoms with E-state index in [1.54, 1.807) is 30.0 Å². The first-order chi connectivity index (χ1) is 8.63. The van der Waals surface area contributed by atoms with Gasteiger partial charge in [0.1, 0.15) is 0 Å². The van der Waals surface area contributed by atoms with Gasteiger partial charge in [0.15, 0.2) is 0 Å². The summed E-state index contributed by atoms with van der Waals surface area (Å²) in [5, 5.41) is 11.4. The van der Waals surface area contributed by atoms with Crippen LogP contribution in [0.1, 0.15) is 16.8 Å². The standard InChI is InChI=1S/C12H17BrN2O2S/c13-10-6-9(7-11(14)8-10)12(17)15-2-5-18-4-1-3-16/h6-8,16H,1-5,14H2,(H,15,17). The van der Waals surface area contributed by atoms with Crippen LogP contribution in [-0.2, 0) is 0 Å². The predicted molar refractivity (Wildman–Crippen MR) is 79.9 cm³/mol. The fourth-order valence-corrected chi connectivity index (χ4v) is 2.65. The monoisotopic (exact) mass is 332 g/mol. The van der Waals surface area contributed by atoms with Crippen LogP contribution in [0.4, 0.5) is 5.69 Å². The molecule has 0 aliphatic heterocycles. The van der Waals surface area contributed by atoms with Crippen molar-refractivity contribution < 1.29 is 9.90 Å². The summed E-state index contributed by atoms with van der Waals surface area (Å²) in [5.41, 5.74) is 6.79. The lowest BCUT2D eigenvalue weighted by atomic mass is 10.2. The highest BCUT2D eigenvalue weighted by atomic mass is 79.9. The Labute approximate surface area is 119 Å². The van der Waals surface area contributed by atoms with Crippen molar-refractivity contribution in [3.63, 3.8) is 0 Å². The van der Waals surface area contributed by atoms with Crippen molar-refractivity contribution in [1.82, 2.24) is 5.32 Å². The van der Waals surface area contributed by atoms with Gasteiger partial charge in [-0.3, -0.25) is 4.79 Å². The van der Waals surface area contributed by atoms with Crippen LogP contribution in [0.5, 0.6) is 0 Å². The molecule has 0 spiro atoms. The van der Waals surface area contributed by atoms with E-state index in [1.807, 2.05) is 0 Å². The fourth-order valence-electron chi connectivity index (χ4n) is 1.35. The maximum atomic E-state index is 11.8. The van der Waals surface area contributed by atoms with Gasteiger partial charge in [-0.1, -0.05) is 15.9 Å². The Morgan fingerprint density at radius 3 is 2.83 bits per heavy atom. The summed E-state index contributed by atoms with van der Waals surface area (Å²) in [6.45, 7) is 0.831. The second kappa shape index (κ2) is 8.39. The van der Waals surface area contributed by atoms with E-state index in [2.05, 4.69) is 21.2 Å². The molecule has 1 aromatic carbocycles. The van der Waals surface area contributed by atoms with Crippen molar-refractivity contribution in [2.24, 2.45) is 0 Å². The van der Waals surface area contributed by atoms with Gasteiger partial charge in [0.2, 0.25) is 0 Å². The zero-order valence-corrected chi connectivity index (χ0v) is 12.4. The molecule has 1 aromatic rings. The molecular weight excluding hydrogens is 316 g/mol. The maximum absolute atomic E-state index is 11.8. The average Bonchev–Trinajstić information content (AvgIpc) is 2.32. The molecule has 1 rings (SSSR count). The van der Waals surface area contributed by atoms with Crippen molar-refractivity contribution in [2.75, 3.05) is 30.4 Å². The number of carbonyl (C=O) groups is 1. The van der Waals surface area contributed by atoms with Crippen LogP contribution in [0.2, 0.25) is 0 Å². The molecule has 0 saturated carbocycles. The number of carbonyl (C=O) groups excluding carboxylic acids is 1. The molecule has 6 heteroatoms. The van der Waals surface area contributed by atoms with Crippen molar-refractivity contribution in [2.45, 2.75) is 6.42 Å². The zero-order valence-electron chi connectivity index (χ0n) is 9.99. The molecule has 18 heavy (non-hydrogen) atoms. The lowest BCUT2D eigenvalue weighted by Crippen LogP contribution is -2.25. The van der Waals surface area contributed by atoms with Crippen LogP contribution in [0.25, 0.3) is 0 Å². The van der Waals surface area contributed by atoms with Gasteiger partial charge in [0.05, 0.1) is 0 Å². The summed E-state index contributed by atoms with van der Waals surface area (Å²) in [5.74, 6) is 1.64. The molecule has 0 bridgehead atoms. The third-order valence-electron chi connectivity index (χ3n) is 2.16. The van der Waals surface area contributed by atoms with Gasteiger partial charge in [-0.25, -0.2) is 0 Å². The molecule has 0 aliphatic rings. The molecule has 4 nitrogen and oxygen atoms in total. The number of thioether (sulfide) groups is 1. The van der Waals surface area contributed by atoms with Crippen LogP contribution in [-0.4, -0.2) is 35.7 Å². The van der Waals surface area contributed by atoms with Crippen LogP contribution in [0.3, 0.4) is 0 Å². The molecule has 0 aliphatic carbocycles. The topological polar surface area (TPSA) is 75.4 Å². The molecule has 4 N–H and O–H groups in total. The van der Waals surface area contributed by atoms with Gasteiger partial charge < -0.3 is 16.2 Å². The molecular formula is C12H17BrN2O2S. The number of nitrogen functional groups attached to an aromatic ring is 1. The molecule has 0 heterocycles. The number of anilines is 1. The first-order valence-electron chi connectivity index (χ1n) is 5.66. The molecule has 0 saturated heterocycles. The SMILES string of the molecule is Nc1cc(Br)cc(C(=O)NCCSCCCO)c1. The van der Waals surface area contributed by atoms with Crippen LogP contribution < -0.4 is 11.1 Å². The van der Waals surface area contributed by atoms with Gasteiger partial charge in [0.25, 0.3) is 5.91 Å². The Kier molecular flexibility index (Phi) is 7.15. The second-order valence-electron chi connectivity index (χ2n) is 3.72. The molecule has 0 fully saturated rings. The Morgan fingerprint density at radius 2 is 2.17 bits per heavy atom. The summed E-state index contributed by atoms with van der Waals surface area (Å²) in [6, 6.07) is 5.14. The number of nitrogens with two attached hydrogens (primary N) is 1. The number of amides is 1. The quantitative estimate of drug-likeness (QED) is 0.526. The number of hydrogen-bond donors (Lipinski definition) is 3. The van der Waals surface area contributed by atoms with E-state index in [-0.39, 0.29) is 12.5 Å². The number of halogens is 1. The number of aliphatic hydroxyl groups is 1. The number of aliphatic hydroxyl groups excluding tert-OH is 1. The summed E-state index contributed by atoms with van der Waals surface area (Å²) in [6.07, 6.45) is 0.792. The van der Waals surface area contributed by atoms with E-state index < -0.39 is 0 Å². The van der Waals surface area contributed by atoms with Crippen LogP contribution >= 0.6 is 27.7 Å². The lowest BCUT2D eigenvalue weighted by Gasteiger charge is -2.06. The number of benzene rings is 1. The minimum Gasteiger partial charge on any atom is -0.399 e. The first kappa shape index (κ1) is 15.3. The largest absolute Gasteiger partial charge is 0.399 e. The Hall–Kier alpha value is -0.720. The Bertz CT molecular complexity index is 381. The third kappa shape index (κ3) is 5.75. The van der Waals surface area contributed by atoms with Crippen LogP contribution in [0, 0.1) is 0 Å². The fraction of sp³-hybridized carbons (Fsp3) is 0.417. The van der Waals surface area contributed by atoms with Crippen molar-refractivity contribution in [3.8, 4) is 0 Å². The summed E-state index contributed by atoms with van der Waals surface area (Å²) in [7, 11) is 0. The van der Waals surface area contributed by atoms with Crippen molar-refractivity contribution in [3.05, 3.63) is 28.2 Å². The van der Waals surface area contributed by atoms with E-state index in [9.17, 15) is 4.79 Å². The van der Waals surface area contributed by atoms with Crippen LogP contribution in [0.15, 0.2) is 22.7 Å². The van der Waals surface area contributed by atoms with Gasteiger partial charge in [-0.2, -0.15) is 11.8 Å². The predicted octanol–water partition coefficient (Wildman–Crippen LogP) is 1.88. The third-order valence-corrected chi connectivity index (χ3v) is 3.69. The van der Waals surface area contributed by atoms with Gasteiger partial charge in [0, 0.05) is 34.6 Å². The minimum absolute atomic E-state index is 0.120.